The Morgan fingerprint density at radius 3 is 2.73 bits per heavy atom. The number of sulfonamides is 1. The number of amides is 1. The Morgan fingerprint density at radius 1 is 1.06 bits per heavy atom. The van der Waals surface area contributed by atoms with E-state index in [1.165, 1.54) is 0 Å². The number of hydrogen-bond acceptors (Lipinski definition) is 5. The lowest BCUT2D eigenvalue weighted by Crippen LogP contribution is -2.25. The zero-order valence-corrected chi connectivity index (χ0v) is 19.6. The summed E-state index contributed by atoms with van der Waals surface area (Å²) in [7, 11) is -3.49. The number of nitrogens with zero attached hydrogens (tertiary/aromatic N) is 3. The van der Waals surface area contributed by atoms with Crippen molar-refractivity contribution in [3.63, 3.8) is 0 Å². The van der Waals surface area contributed by atoms with Crippen LogP contribution in [0.3, 0.4) is 0 Å². The molecule has 0 aliphatic carbocycles. The van der Waals surface area contributed by atoms with Crippen molar-refractivity contribution in [3.05, 3.63) is 59.9 Å². The maximum Gasteiger partial charge on any atom is 0.263 e. The van der Waals surface area contributed by atoms with E-state index in [9.17, 15) is 13.2 Å². The molecule has 0 bridgehead atoms. The van der Waals surface area contributed by atoms with Crippen molar-refractivity contribution in [2.75, 3.05) is 13.1 Å². The third-order valence-corrected chi connectivity index (χ3v) is 7.12. The fourth-order valence-corrected chi connectivity index (χ4v) is 5.30. The van der Waals surface area contributed by atoms with E-state index in [1.54, 1.807) is 24.3 Å². The highest BCUT2D eigenvalue weighted by atomic mass is 32.2. The number of fused-ring (bicyclic) bond motifs is 2. The number of carbonyl (C=O) groups is 1. The molecule has 3 aromatic rings. The van der Waals surface area contributed by atoms with Crippen LogP contribution in [0.4, 0.5) is 0 Å². The molecule has 174 valence electrons. The molecule has 0 atom stereocenters. The van der Waals surface area contributed by atoms with E-state index in [0.29, 0.717) is 30.9 Å². The third-order valence-electron chi connectivity index (χ3n) is 5.72. The lowest BCUT2D eigenvalue weighted by Gasteiger charge is -2.08. The normalized spacial score (nSPS) is 15.5. The van der Waals surface area contributed by atoms with E-state index in [1.807, 2.05) is 25.1 Å². The lowest BCUT2D eigenvalue weighted by atomic mass is 10.2. The van der Waals surface area contributed by atoms with E-state index in [-0.39, 0.29) is 10.8 Å². The van der Waals surface area contributed by atoms with Gasteiger partial charge in [-0.15, -0.1) is 0 Å². The number of aromatic nitrogens is 2. The van der Waals surface area contributed by atoms with Gasteiger partial charge in [0.2, 0.25) is 5.91 Å². The number of imidazole rings is 1. The van der Waals surface area contributed by atoms with Crippen molar-refractivity contribution in [2.45, 2.75) is 50.5 Å². The van der Waals surface area contributed by atoms with Gasteiger partial charge in [0, 0.05) is 31.6 Å². The minimum atomic E-state index is -3.49. The predicted molar refractivity (Wildman–Crippen MR) is 129 cm³/mol. The summed E-state index contributed by atoms with van der Waals surface area (Å²) in [6.07, 6.45) is 3.78. The van der Waals surface area contributed by atoms with Crippen LogP contribution in [0.1, 0.15) is 43.5 Å². The van der Waals surface area contributed by atoms with Gasteiger partial charge < -0.3 is 9.88 Å². The van der Waals surface area contributed by atoms with Crippen LogP contribution in [0.25, 0.3) is 11.0 Å². The van der Waals surface area contributed by atoms with Gasteiger partial charge in [-0.1, -0.05) is 30.7 Å². The molecule has 0 spiro atoms. The Balaban J connectivity index is 1.12. The van der Waals surface area contributed by atoms with Crippen LogP contribution in [-0.2, 0) is 21.4 Å². The molecule has 2 aromatic carbocycles. The number of aryl methyl sites for hydroxylation is 2. The number of hydrogen-bond donors (Lipinski definition) is 2. The quantitative estimate of drug-likeness (QED) is 0.447. The van der Waals surface area contributed by atoms with Crippen LogP contribution in [0, 0.1) is 6.92 Å². The average Bonchev–Trinajstić information content (AvgIpc) is 3.26. The molecule has 0 saturated heterocycles. The highest BCUT2D eigenvalue weighted by Gasteiger charge is 2.29. The number of nitrogens with one attached hydrogen (secondary N) is 2. The maximum atomic E-state index is 12.1. The van der Waals surface area contributed by atoms with E-state index < -0.39 is 10.0 Å². The molecule has 33 heavy (non-hydrogen) atoms. The Bertz CT molecular complexity index is 1280. The van der Waals surface area contributed by atoms with Crippen LogP contribution in [-0.4, -0.2) is 42.8 Å². The molecule has 0 saturated carbocycles. The minimum absolute atomic E-state index is 0.0611. The standard InChI is InChI=1S/C24H29N5O3S/c1-18-27-20-11-5-6-12-21(20)29(18)17-9-16-25-23(30)14-3-2-8-15-26-24-19-10-4-7-13-22(19)33(31,32)28-24/h4-7,10-13H,2-3,8-9,14-17H2,1H3,(H,25,30)(H,26,28). The third kappa shape index (κ3) is 5.42. The van der Waals surface area contributed by atoms with Crippen LogP contribution in [0.5, 0.6) is 0 Å². The van der Waals surface area contributed by atoms with Crippen molar-refractivity contribution in [1.29, 1.82) is 0 Å². The van der Waals surface area contributed by atoms with Gasteiger partial charge in [-0.3, -0.25) is 14.5 Å². The fourth-order valence-electron chi connectivity index (χ4n) is 4.05. The van der Waals surface area contributed by atoms with Crippen molar-refractivity contribution in [3.8, 4) is 0 Å². The summed E-state index contributed by atoms with van der Waals surface area (Å²) >= 11 is 0. The largest absolute Gasteiger partial charge is 0.356 e. The second kappa shape index (κ2) is 10.2. The van der Waals surface area contributed by atoms with Crippen molar-refractivity contribution in [1.82, 2.24) is 19.6 Å². The van der Waals surface area contributed by atoms with E-state index in [0.717, 1.165) is 49.1 Å². The molecule has 1 aromatic heterocycles. The SMILES string of the molecule is Cc1nc2ccccc2n1CCCNC(=O)CCCCCN=C1NS(=O)(=O)c2ccccc21. The van der Waals surface area contributed by atoms with E-state index in [2.05, 4.69) is 30.6 Å². The molecule has 2 N–H and O–H groups in total. The Hall–Kier alpha value is -3.20. The Morgan fingerprint density at radius 2 is 1.85 bits per heavy atom. The monoisotopic (exact) mass is 467 g/mol. The van der Waals surface area contributed by atoms with Gasteiger partial charge in [-0.05, 0) is 50.5 Å². The van der Waals surface area contributed by atoms with E-state index in [4.69, 9.17) is 0 Å². The summed E-state index contributed by atoms with van der Waals surface area (Å²) in [5.74, 6) is 1.45. The molecule has 1 aliphatic heterocycles. The summed E-state index contributed by atoms with van der Waals surface area (Å²) < 4.78 is 28.9. The fraction of sp³-hybridized carbons (Fsp3) is 0.375. The molecule has 0 unspecified atom stereocenters. The number of aliphatic imine (C=N–C) groups is 1. The van der Waals surface area contributed by atoms with Gasteiger partial charge in [-0.2, -0.15) is 0 Å². The molecule has 1 aliphatic rings. The van der Waals surface area contributed by atoms with Crippen molar-refractivity contribution >= 4 is 32.8 Å². The highest BCUT2D eigenvalue weighted by Crippen LogP contribution is 2.22. The number of carbonyl (C=O) groups excluding carboxylic acids is 1. The second-order valence-corrected chi connectivity index (χ2v) is 9.80. The van der Waals surface area contributed by atoms with Gasteiger partial charge in [0.1, 0.15) is 11.7 Å². The molecule has 0 radical (unpaired) electrons. The first-order chi connectivity index (χ1) is 16.0. The number of rotatable bonds is 10. The molecule has 8 nitrogen and oxygen atoms in total. The van der Waals surface area contributed by atoms with Crippen LogP contribution >= 0.6 is 0 Å². The summed E-state index contributed by atoms with van der Waals surface area (Å²) in [5.41, 5.74) is 2.74. The smallest absolute Gasteiger partial charge is 0.263 e. The lowest BCUT2D eigenvalue weighted by molar-refractivity contribution is -0.121. The zero-order chi connectivity index (χ0) is 23.3. The predicted octanol–water partition coefficient (Wildman–Crippen LogP) is 3.15. The van der Waals surface area contributed by atoms with Crippen molar-refractivity contribution in [2.24, 2.45) is 4.99 Å². The molecular formula is C24H29N5O3S. The summed E-state index contributed by atoms with van der Waals surface area (Å²) in [6.45, 7) is 3.98. The number of benzene rings is 2. The molecule has 1 amide bonds. The van der Waals surface area contributed by atoms with Crippen LogP contribution in [0.2, 0.25) is 0 Å². The Kier molecular flexibility index (Phi) is 7.08. The van der Waals surface area contributed by atoms with Gasteiger partial charge in [0.05, 0.1) is 15.9 Å². The molecule has 4 rings (SSSR count). The highest BCUT2D eigenvalue weighted by molar-refractivity contribution is 7.90. The van der Waals surface area contributed by atoms with Crippen LogP contribution < -0.4 is 10.0 Å². The summed E-state index contributed by atoms with van der Waals surface area (Å²) in [4.78, 5) is 21.4. The van der Waals surface area contributed by atoms with Gasteiger partial charge in [0.15, 0.2) is 0 Å². The molecule has 0 fully saturated rings. The first-order valence-corrected chi connectivity index (χ1v) is 12.8. The molecule has 9 heteroatoms. The van der Waals surface area contributed by atoms with E-state index >= 15 is 0 Å². The first kappa shape index (κ1) is 23.0. The number of amidine groups is 1. The molecular weight excluding hydrogens is 438 g/mol. The number of unbranched alkanes of at least 4 members (excludes halogenated alkanes) is 2. The van der Waals surface area contributed by atoms with Crippen LogP contribution in [0.15, 0.2) is 58.4 Å². The topological polar surface area (TPSA) is 105 Å². The first-order valence-electron chi connectivity index (χ1n) is 11.3. The number of para-hydroxylation sites is 2. The second-order valence-electron chi connectivity index (χ2n) is 8.15. The summed E-state index contributed by atoms with van der Waals surface area (Å²) in [5, 5.41) is 2.99. The van der Waals surface area contributed by atoms with Gasteiger partial charge in [0.25, 0.3) is 10.0 Å². The van der Waals surface area contributed by atoms with Crippen molar-refractivity contribution < 1.29 is 13.2 Å². The molecule has 2 heterocycles. The average molecular weight is 468 g/mol. The maximum absolute atomic E-state index is 12.1. The Labute approximate surface area is 194 Å². The zero-order valence-electron chi connectivity index (χ0n) is 18.8. The van der Waals surface area contributed by atoms with Gasteiger partial charge in [-0.25, -0.2) is 13.4 Å². The van der Waals surface area contributed by atoms with Gasteiger partial charge >= 0.3 is 0 Å². The minimum Gasteiger partial charge on any atom is -0.356 e. The summed E-state index contributed by atoms with van der Waals surface area (Å²) in [6, 6.07) is 14.9.